The molecule has 0 aliphatic rings. The van der Waals surface area contributed by atoms with E-state index in [1.54, 1.807) is 32.9 Å². The van der Waals surface area contributed by atoms with Gasteiger partial charge in [0.2, 0.25) is 0 Å². The Morgan fingerprint density at radius 2 is 2.11 bits per heavy atom. The summed E-state index contributed by atoms with van der Waals surface area (Å²) in [6.45, 7) is 5.24. The van der Waals surface area contributed by atoms with Crippen molar-refractivity contribution in [3.63, 3.8) is 0 Å². The van der Waals surface area contributed by atoms with E-state index in [1.165, 1.54) is 12.3 Å². The number of anilines is 1. The van der Waals surface area contributed by atoms with Gasteiger partial charge in [0.05, 0.1) is 0 Å². The van der Waals surface area contributed by atoms with E-state index in [4.69, 9.17) is 9.84 Å². The summed E-state index contributed by atoms with van der Waals surface area (Å²) >= 11 is 0. The van der Waals surface area contributed by atoms with Crippen molar-refractivity contribution in [2.24, 2.45) is 0 Å². The highest BCUT2D eigenvalue weighted by Gasteiger charge is 2.17. The molecule has 1 heterocycles. The van der Waals surface area contributed by atoms with Crippen molar-refractivity contribution in [1.29, 1.82) is 0 Å². The highest BCUT2D eigenvalue weighted by atomic mass is 16.6. The van der Waals surface area contributed by atoms with Crippen LogP contribution in [0.1, 0.15) is 26.3 Å². The second kappa shape index (κ2) is 5.99. The van der Waals surface area contributed by atoms with Gasteiger partial charge in [0.1, 0.15) is 11.4 Å². The van der Waals surface area contributed by atoms with Crippen molar-refractivity contribution in [2.45, 2.75) is 26.4 Å². The maximum absolute atomic E-state index is 11.6. The normalized spacial score (nSPS) is 11.3. The average molecular weight is 264 g/mol. The van der Waals surface area contributed by atoms with Gasteiger partial charge >= 0.3 is 12.1 Å². The van der Waals surface area contributed by atoms with Gasteiger partial charge in [-0.2, -0.15) is 0 Å². The Balaban J connectivity index is 2.84. The summed E-state index contributed by atoms with van der Waals surface area (Å²) in [4.78, 5) is 26.0. The maximum atomic E-state index is 11.6. The largest absolute Gasteiger partial charge is 0.478 e. The fourth-order valence-corrected chi connectivity index (χ4v) is 1.22. The lowest BCUT2D eigenvalue weighted by Gasteiger charge is -2.19. The predicted molar refractivity (Wildman–Crippen MR) is 70.8 cm³/mol. The number of hydrogen-bond donors (Lipinski definition) is 2. The molecule has 19 heavy (non-hydrogen) atoms. The van der Waals surface area contributed by atoms with Crippen LogP contribution < -0.4 is 5.32 Å². The highest BCUT2D eigenvalue weighted by molar-refractivity contribution is 5.90. The molecule has 0 bridgehead atoms. The van der Waals surface area contributed by atoms with Crippen LogP contribution in [-0.2, 0) is 9.53 Å². The summed E-state index contributed by atoms with van der Waals surface area (Å²) in [6, 6.07) is 3.28. The molecule has 0 radical (unpaired) electrons. The Morgan fingerprint density at radius 3 is 2.68 bits per heavy atom. The van der Waals surface area contributed by atoms with E-state index in [1.807, 2.05) is 0 Å². The van der Waals surface area contributed by atoms with Crippen LogP contribution in [0.2, 0.25) is 0 Å². The third-order valence-corrected chi connectivity index (χ3v) is 1.86. The Morgan fingerprint density at radius 1 is 1.42 bits per heavy atom. The SMILES string of the molecule is CC(C)(C)OC(=O)Nc1ncccc1C=CC(=O)O. The number of rotatable bonds is 3. The minimum atomic E-state index is -1.08. The standard InChI is InChI=1S/C13H16N2O4/c1-13(2,3)19-12(18)15-11-9(5-4-8-14-11)6-7-10(16)17/h4-8H,1-3H3,(H,16,17)(H,14,15,18). The molecular weight excluding hydrogens is 248 g/mol. The summed E-state index contributed by atoms with van der Waals surface area (Å²) in [5.74, 6) is -0.832. The van der Waals surface area contributed by atoms with Gasteiger partial charge in [-0.15, -0.1) is 0 Å². The van der Waals surface area contributed by atoms with Crippen LogP contribution in [0.3, 0.4) is 0 Å². The third-order valence-electron chi connectivity index (χ3n) is 1.86. The minimum absolute atomic E-state index is 0.245. The topological polar surface area (TPSA) is 88.5 Å². The molecule has 1 amide bonds. The van der Waals surface area contributed by atoms with Crippen LogP contribution >= 0.6 is 0 Å². The number of carboxylic acids is 1. The number of carbonyl (C=O) groups is 2. The van der Waals surface area contributed by atoms with E-state index in [0.29, 0.717) is 5.56 Å². The van der Waals surface area contributed by atoms with E-state index < -0.39 is 17.7 Å². The number of amides is 1. The lowest BCUT2D eigenvalue weighted by molar-refractivity contribution is -0.131. The van der Waals surface area contributed by atoms with Crippen LogP contribution in [-0.4, -0.2) is 27.8 Å². The second-order valence-corrected chi connectivity index (χ2v) is 4.74. The molecule has 102 valence electrons. The molecular formula is C13H16N2O4. The van der Waals surface area contributed by atoms with E-state index in [0.717, 1.165) is 6.08 Å². The van der Waals surface area contributed by atoms with Crippen LogP contribution in [0.5, 0.6) is 0 Å². The van der Waals surface area contributed by atoms with Gasteiger partial charge in [0.15, 0.2) is 0 Å². The number of aromatic nitrogens is 1. The zero-order valence-electron chi connectivity index (χ0n) is 11.0. The fourth-order valence-electron chi connectivity index (χ4n) is 1.22. The molecule has 0 saturated heterocycles. The summed E-state index contributed by atoms with van der Waals surface area (Å²) in [7, 11) is 0. The molecule has 0 saturated carbocycles. The first-order chi connectivity index (χ1) is 8.78. The van der Waals surface area contributed by atoms with Crippen molar-refractivity contribution in [3.05, 3.63) is 30.0 Å². The predicted octanol–water partition coefficient (Wildman–Crippen LogP) is 2.53. The summed E-state index contributed by atoms with van der Waals surface area (Å²) in [6.07, 6.45) is 3.17. The Bertz CT molecular complexity index is 504. The van der Waals surface area contributed by atoms with E-state index in [-0.39, 0.29) is 5.82 Å². The second-order valence-electron chi connectivity index (χ2n) is 4.74. The van der Waals surface area contributed by atoms with E-state index >= 15 is 0 Å². The number of ether oxygens (including phenoxy) is 1. The Labute approximate surface area is 111 Å². The molecule has 1 aromatic rings. The first-order valence-electron chi connectivity index (χ1n) is 5.64. The molecule has 1 aromatic heterocycles. The van der Waals surface area contributed by atoms with Crippen LogP contribution in [0.15, 0.2) is 24.4 Å². The minimum Gasteiger partial charge on any atom is -0.478 e. The van der Waals surface area contributed by atoms with Gasteiger partial charge in [-0.1, -0.05) is 0 Å². The van der Waals surface area contributed by atoms with E-state index in [9.17, 15) is 9.59 Å². The van der Waals surface area contributed by atoms with Crippen molar-refractivity contribution >= 4 is 24.0 Å². The number of carbonyl (C=O) groups excluding carboxylic acids is 1. The van der Waals surface area contributed by atoms with Crippen molar-refractivity contribution in [1.82, 2.24) is 4.98 Å². The summed E-state index contributed by atoms with van der Waals surface area (Å²) in [5, 5.41) is 11.1. The van der Waals surface area contributed by atoms with Crippen LogP contribution in [0.4, 0.5) is 10.6 Å². The van der Waals surface area contributed by atoms with Gasteiger partial charge in [-0.05, 0) is 39.0 Å². The molecule has 6 nitrogen and oxygen atoms in total. The number of aliphatic carboxylic acids is 1. The number of nitrogens with one attached hydrogen (secondary N) is 1. The van der Waals surface area contributed by atoms with Gasteiger partial charge in [0.25, 0.3) is 0 Å². The number of carboxylic acid groups (broad SMARTS) is 1. The number of hydrogen-bond acceptors (Lipinski definition) is 4. The number of nitrogens with zero attached hydrogens (tertiary/aromatic N) is 1. The molecule has 0 aliphatic heterocycles. The quantitative estimate of drug-likeness (QED) is 0.819. The first-order valence-corrected chi connectivity index (χ1v) is 5.64. The van der Waals surface area contributed by atoms with Crippen molar-refractivity contribution in [2.75, 3.05) is 5.32 Å². The smallest absolute Gasteiger partial charge is 0.413 e. The summed E-state index contributed by atoms with van der Waals surface area (Å²) < 4.78 is 5.09. The lowest BCUT2D eigenvalue weighted by Crippen LogP contribution is -2.27. The molecule has 6 heteroatoms. The fraction of sp³-hybridized carbons (Fsp3) is 0.308. The van der Waals surface area contributed by atoms with Crippen LogP contribution in [0, 0.1) is 0 Å². The zero-order chi connectivity index (χ0) is 14.5. The molecule has 0 aromatic carbocycles. The monoisotopic (exact) mass is 264 g/mol. The molecule has 0 spiro atoms. The Hall–Kier alpha value is -2.37. The van der Waals surface area contributed by atoms with E-state index in [2.05, 4.69) is 10.3 Å². The average Bonchev–Trinajstić information content (AvgIpc) is 2.25. The van der Waals surface area contributed by atoms with Crippen LogP contribution in [0.25, 0.3) is 6.08 Å². The van der Waals surface area contributed by atoms with Gasteiger partial charge < -0.3 is 9.84 Å². The van der Waals surface area contributed by atoms with Crippen molar-refractivity contribution in [3.8, 4) is 0 Å². The molecule has 0 fully saturated rings. The first kappa shape index (κ1) is 14.7. The molecule has 0 unspecified atom stereocenters. The van der Waals surface area contributed by atoms with Gasteiger partial charge in [-0.3, -0.25) is 5.32 Å². The zero-order valence-corrected chi connectivity index (χ0v) is 11.0. The highest BCUT2D eigenvalue weighted by Crippen LogP contribution is 2.15. The Kier molecular flexibility index (Phi) is 4.63. The maximum Gasteiger partial charge on any atom is 0.413 e. The molecule has 2 N–H and O–H groups in total. The number of pyridine rings is 1. The third kappa shape index (κ3) is 5.67. The lowest BCUT2D eigenvalue weighted by atomic mass is 10.2. The summed E-state index contributed by atoms with van der Waals surface area (Å²) in [5.41, 5.74) is -0.133. The molecule has 0 atom stereocenters. The van der Waals surface area contributed by atoms with Gasteiger partial charge in [0, 0.05) is 17.8 Å². The molecule has 0 aliphatic carbocycles. The molecule has 1 rings (SSSR count). The van der Waals surface area contributed by atoms with Gasteiger partial charge in [-0.25, -0.2) is 14.6 Å². The van der Waals surface area contributed by atoms with Crippen molar-refractivity contribution < 1.29 is 19.4 Å².